The van der Waals surface area contributed by atoms with Crippen molar-refractivity contribution >= 4 is 12.2 Å². The molecule has 0 unspecified atom stereocenters. The Bertz CT molecular complexity index is 401. The van der Waals surface area contributed by atoms with Crippen molar-refractivity contribution in [3.63, 3.8) is 0 Å². The summed E-state index contributed by atoms with van der Waals surface area (Å²) in [4.78, 5) is 14.5. The maximum atomic E-state index is 10.6. The Labute approximate surface area is 118 Å². The molecule has 0 heterocycles. The molecule has 0 fully saturated rings. The van der Waals surface area contributed by atoms with Crippen LogP contribution in [0, 0.1) is 0 Å². The quantitative estimate of drug-likeness (QED) is 0.376. The Kier molecular flexibility index (Phi) is 9.55. The van der Waals surface area contributed by atoms with Crippen LogP contribution in [0.3, 0.4) is 0 Å². The maximum Gasteiger partial charge on any atom is 2.00 e. The SMILES string of the molecule is COC(=O)CN=C[c-]1cccc1.[Fe+2].c1cc[cH-]c1. The summed E-state index contributed by atoms with van der Waals surface area (Å²) in [6.07, 6.45) is 1.65. The van der Waals surface area contributed by atoms with E-state index in [2.05, 4.69) is 9.73 Å². The molecule has 18 heavy (non-hydrogen) atoms. The number of carbonyl (C=O) groups excluding carboxylic acids is 1. The van der Waals surface area contributed by atoms with Gasteiger partial charge < -0.3 is 4.74 Å². The molecule has 2 aromatic rings. The van der Waals surface area contributed by atoms with E-state index >= 15 is 0 Å². The van der Waals surface area contributed by atoms with Gasteiger partial charge in [-0.2, -0.15) is 30.3 Å². The normalized spacial score (nSPS) is 9.17. The molecule has 0 spiro atoms. The fourth-order valence-corrected chi connectivity index (χ4v) is 1.09. The van der Waals surface area contributed by atoms with Gasteiger partial charge in [-0.1, -0.05) is 0 Å². The summed E-state index contributed by atoms with van der Waals surface area (Å²) in [6.45, 7) is 0.0850. The van der Waals surface area contributed by atoms with E-state index in [1.807, 2.05) is 54.6 Å². The van der Waals surface area contributed by atoms with Crippen LogP contribution in [-0.2, 0) is 26.6 Å². The van der Waals surface area contributed by atoms with E-state index in [0.717, 1.165) is 5.56 Å². The number of aliphatic imine (C=N–C) groups is 1. The van der Waals surface area contributed by atoms with E-state index < -0.39 is 0 Å². The van der Waals surface area contributed by atoms with E-state index in [0.29, 0.717) is 0 Å². The second-order valence-electron chi connectivity index (χ2n) is 3.23. The zero-order valence-electron chi connectivity index (χ0n) is 10.1. The number of hydrogen-bond donors (Lipinski definition) is 0. The molecule has 2 rings (SSSR count). The molecular formula is C14H15FeNO2. The van der Waals surface area contributed by atoms with Gasteiger partial charge in [-0.15, -0.1) is 5.56 Å². The molecule has 0 bridgehead atoms. The van der Waals surface area contributed by atoms with Crippen LogP contribution in [0.2, 0.25) is 0 Å². The zero-order valence-corrected chi connectivity index (χ0v) is 11.2. The van der Waals surface area contributed by atoms with Gasteiger partial charge >= 0.3 is 23.0 Å². The fourth-order valence-electron chi connectivity index (χ4n) is 1.09. The average molecular weight is 285 g/mol. The van der Waals surface area contributed by atoms with Crippen molar-refractivity contribution in [3.8, 4) is 0 Å². The Balaban J connectivity index is 0.000000405. The predicted octanol–water partition coefficient (Wildman–Crippen LogP) is 2.40. The van der Waals surface area contributed by atoms with Crippen LogP contribution in [0.25, 0.3) is 0 Å². The predicted molar refractivity (Wildman–Crippen MR) is 68.5 cm³/mol. The van der Waals surface area contributed by atoms with E-state index in [-0.39, 0.29) is 29.6 Å². The summed E-state index contributed by atoms with van der Waals surface area (Å²) in [5.74, 6) is -0.321. The van der Waals surface area contributed by atoms with Crippen molar-refractivity contribution in [3.05, 3.63) is 60.2 Å². The molecule has 0 atom stereocenters. The molecule has 0 saturated heterocycles. The minimum atomic E-state index is -0.321. The first-order valence-electron chi connectivity index (χ1n) is 5.28. The van der Waals surface area contributed by atoms with Gasteiger partial charge in [-0.05, 0) is 6.21 Å². The second kappa shape index (κ2) is 10.5. The van der Waals surface area contributed by atoms with E-state index in [9.17, 15) is 4.79 Å². The minimum absolute atomic E-state index is 0. The van der Waals surface area contributed by atoms with E-state index in [1.165, 1.54) is 7.11 Å². The van der Waals surface area contributed by atoms with Gasteiger partial charge in [0.15, 0.2) is 0 Å². The van der Waals surface area contributed by atoms with Crippen molar-refractivity contribution in [1.82, 2.24) is 0 Å². The first kappa shape index (κ1) is 16.4. The van der Waals surface area contributed by atoms with Crippen LogP contribution in [0.5, 0.6) is 0 Å². The number of nitrogens with zero attached hydrogens (tertiary/aromatic N) is 1. The number of ether oxygens (including phenoxy) is 1. The third-order valence-corrected chi connectivity index (χ3v) is 1.93. The monoisotopic (exact) mass is 285 g/mol. The third kappa shape index (κ3) is 7.60. The number of esters is 1. The van der Waals surface area contributed by atoms with Crippen LogP contribution < -0.4 is 0 Å². The van der Waals surface area contributed by atoms with Gasteiger partial charge in [-0.25, -0.2) is 24.3 Å². The summed E-state index contributed by atoms with van der Waals surface area (Å²) in [7, 11) is 1.35. The molecular weight excluding hydrogens is 270 g/mol. The minimum Gasteiger partial charge on any atom is -0.468 e. The van der Waals surface area contributed by atoms with Crippen LogP contribution in [-0.4, -0.2) is 25.8 Å². The van der Waals surface area contributed by atoms with E-state index in [4.69, 9.17) is 0 Å². The standard InChI is InChI=1S/C9H10NO2.C5H5.Fe/c1-12-9(11)7-10-6-8-4-2-3-5-8;1-2-4-5-3-1;/h2-6H,7H2,1H3;1-5H;/q2*-1;+2. The van der Waals surface area contributed by atoms with Crippen molar-refractivity contribution in [2.24, 2.45) is 4.99 Å². The number of carbonyl (C=O) groups is 1. The molecule has 0 amide bonds. The van der Waals surface area contributed by atoms with E-state index in [1.54, 1.807) is 6.21 Å². The van der Waals surface area contributed by atoms with Crippen LogP contribution in [0.1, 0.15) is 5.56 Å². The van der Waals surface area contributed by atoms with Gasteiger partial charge in [0.2, 0.25) is 0 Å². The van der Waals surface area contributed by atoms with Gasteiger partial charge in [0, 0.05) is 0 Å². The number of hydrogen-bond acceptors (Lipinski definition) is 3. The molecule has 0 aliphatic heterocycles. The molecule has 0 saturated carbocycles. The van der Waals surface area contributed by atoms with Gasteiger partial charge in [0.05, 0.1) is 7.11 Å². The Hall–Kier alpha value is -1.64. The maximum absolute atomic E-state index is 10.6. The van der Waals surface area contributed by atoms with Crippen LogP contribution in [0.15, 0.2) is 59.6 Å². The average Bonchev–Trinajstić information content (AvgIpc) is 3.04. The number of methoxy groups -OCH3 is 1. The topological polar surface area (TPSA) is 38.7 Å². The summed E-state index contributed by atoms with van der Waals surface area (Å²) in [5.41, 5.74) is 0.999. The summed E-state index contributed by atoms with van der Waals surface area (Å²) in [5, 5.41) is 0. The van der Waals surface area contributed by atoms with Crippen LogP contribution in [0.4, 0.5) is 0 Å². The molecule has 2 aromatic carbocycles. The molecule has 96 valence electrons. The van der Waals surface area contributed by atoms with Crippen LogP contribution >= 0.6 is 0 Å². The fraction of sp³-hybridized carbons (Fsp3) is 0.143. The molecule has 4 heteroatoms. The smallest absolute Gasteiger partial charge is 0.468 e. The van der Waals surface area contributed by atoms with Crippen molar-refractivity contribution < 1.29 is 26.6 Å². The Morgan fingerprint density at radius 2 is 1.89 bits per heavy atom. The molecule has 0 N–H and O–H groups in total. The Morgan fingerprint density at radius 1 is 1.28 bits per heavy atom. The molecule has 0 radical (unpaired) electrons. The molecule has 3 nitrogen and oxygen atoms in total. The van der Waals surface area contributed by atoms with Gasteiger partial charge in [-0.3, -0.25) is 9.79 Å². The molecule has 0 aromatic heterocycles. The second-order valence-corrected chi connectivity index (χ2v) is 3.23. The van der Waals surface area contributed by atoms with Crippen molar-refractivity contribution in [1.29, 1.82) is 0 Å². The zero-order chi connectivity index (χ0) is 12.3. The summed E-state index contributed by atoms with van der Waals surface area (Å²) < 4.78 is 4.42. The number of rotatable bonds is 3. The van der Waals surface area contributed by atoms with Gasteiger partial charge in [0.1, 0.15) is 6.54 Å². The Morgan fingerprint density at radius 3 is 2.33 bits per heavy atom. The first-order valence-corrected chi connectivity index (χ1v) is 5.28. The summed E-state index contributed by atoms with van der Waals surface area (Å²) in [6, 6.07) is 17.7. The van der Waals surface area contributed by atoms with Crippen molar-refractivity contribution in [2.75, 3.05) is 13.7 Å². The first-order chi connectivity index (χ1) is 8.33. The van der Waals surface area contributed by atoms with Crippen molar-refractivity contribution in [2.45, 2.75) is 0 Å². The van der Waals surface area contributed by atoms with Gasteiger partial charge in [0.25, 0.3) is 0 Å². The molecule has 0 aliphatic rings. The molecule has 0 aliphatic carbocycles. The third-order valence-electron chi connectivity index (χ3n) is 1.93. The summed E-state index contributed by atoms with van der Waals surface area (Å²) >= 11 is 0. The largest absolute Gasteiger partial charge is 2.00 e.